The molecule has 2 aliphatic rings. The number of rotatable bonds is 6. The highest BCUT2D eigenvalue weighted by Gasteiger charge is 2.38. The molecule has 1 aromatic heterocycles. The van der Waals surface area contributed by atoms with Crippen LogP contribution in [-0.2, 0) is 5.41 Å². The van der Waals surface area contributed by atoms with Crippen molar-refractivity contribution in [1.29, 1.82) is 0 Å². The molecule has 0 N–H and O–H groups in total. The largest absolute Gasteiger partial charge is 0.316 e. The van der Waals surface area contributed by atoms with E-state index in [0.717, 1.165) is 12.8 Å². The Hall–Kier alpha value is -8.52. The Morgan fingerprint density at radius 2 is 0.871 bits per heavy atom. The van der Waals surface area contributed by atoms with Gasteiger partial charge in [0.15, 0.2) is 0 Å². The van der Waals surface area contributed by atoms with Crippen molar-refractivity contribution in [2.24, 2.45) is 0 Å². The summed E-state index contributed by atoms with van der Waals surface area (Å²) in [6.07, 6.45) is 7.01. The molecule has 330 valence electrons. The summed E-state index contributed by atoms with van der Waals surface area (Å²) in [6.45, 7) is 4.84. The van der Waals surface area contributed by atoms with Gasteiger partial charge in [-0.25, -0.2) is 0 Å². The van der Waals surface area contributed by atoms with Crippen molar-refractivity contribution in [2.75, 3.05) is 0 Å². The summed E-state index contributed by atoms with van der Waals surface area (Å²) in [5.41, 5.74) is 20.6. The van der Waals surface area contributed by atoms with Gasteiger partial charge in [-0.2, -0.15) is 0 Å². The molecule has 0 saturated heterocycles. The standard InChI is InChI=1S/C69H49N/c1-69(2)66-41-50(44-14-4-3-5-15-44)32-35-60(66)61-36-34-53(42-67(61)69)70-43-65(48-30-28-47(29-31-48)63-40-52-17-7-9-19-55(52)57-21-11-13-23-59(57)63)64-38-49(33-37-68(64)70)45-24-26-46(27-25-45)62-39-51-16-6-8-18-54(51)56-20-10-12-22-58(56)62/h3-31,33-34,36-43H,32,35H2,1-2H3. The maximum absolute atomic E-state index is 2.50. The van der Waals surface area contributed by atoms with Gasteiger partial charge in [0.05, 0.1) is 5.52 Å². The molecule has 0 amide bonds. The van der Waals surface area contributed by atoms with Crippen molar-refractivity contribution in [3.8, 4) is 50.2 Å². The SMILES string of the molecule is CC1(C)C2=C(CCC(c3ccccc3)=C2)c2ccc(-n3cc(-c4ccc(-c5cc6ccccc6c6ccccc56)cc4)c4cc(-c5ccc(-c6cc7ccccc7c7ccccc67)cc5)ccc43)cc21. The average molecular weight is 892 g/mol. The van der Waals surface area contributed by atoms with Gasteiger partial charge >= 0.3 is 0 Å². The highest BCUT2D eigenvalue weighted by atomic mass is 15.0. The Bertz CT molecular complexity index is 4160. The smallest absolute Gasteiger partial charge is 0.0535 e. The molecule has 1 nitrogen and oxygen atoms in total. The van der Waals surface area contributed by atoms with E-state index in [1.54, 1.807) is 0 Å². The third-order valence-electron chi connectivity index (χ3n) is 15.8. The lowest BCUT2D eigenvalue weighted by Gasteiger charge is -2.26. The first-order valence-electron chi connectivity index (χ1n) is 24.8. The average Bonchev–Trinajstić information content (AvgIpc) is 3.91. The highest BCUT2D eigenvalue weighted by Crippen LogP contribution is 2.53. The van der Waals surface area contributed by atoms with E-state index < -0.39 is 0 Å². The molecular formula is C69H49N. The summed E-state index contributed by atoms with van der Waals surface area (Å²) in [4.78, 5) is 0. The van der Waals surface area contributed by atoms with Gasteiger partial charge in [-0.1, -0.05) is 208 Å². The van der Waals surface area contributed by atoms with E-state index in [2.05, 4.69) is 255 Å². The van der Waals surface area contributed by atoms with Gasteiger partial charge in [-0.05, 0) is 165 Å². The number of allylic oxidation sites excluding steroid dienone is 4. The molecule has 0 spiro atoms. The molecule has 1 heterocycles. The van der Waals surface area contributed by atoms with Crippen LogP contribution in [0.4, 0.5) is 0 Å². The molecule has 0 unspecified atom stereocenters. The number of aromatic nitrogens is 1. The molecule has 0 saturated carbocycles. The van der Waals surface area contributed by atoms with Crippen LogP contribution in [0.15, 0.2) is 242 Å². The van der Waals surface area contributed by atoms with Gasteiger partial charge in [0.1, 0.15) is 0 Å². The van der Waals surface area contributed by atoms with Gasteiger partial charge in [0, 0.05) is 28.2 Å². The molecule has 1 heteroatoms. The van der Waals surface area contributed by atoms with E-state index >= 15 is 0 Å². The summed E-state index contributed by atoms with van der Waals surface area (Å²) in [5.74, 6) is 0. The molecule has 14 rings (SSSR count). The van der Waals surface area contributed by atoms with E-state index in [9.17, 15) is 0 Å². The molecule has 12 aromatic rings. The summed E-state index contributed by atoms with van der Waals surface area (Å²) in [5, 5.41) is 11.5. The maximum Gasteiger partial charge on any atom is 0.0535 e. The van der Waals surface area contributed by atoms with Gasteiger partial charge in [-0.3, -0.25) is 0 Å². The maximum atomic E-state index is 2.50. The van der Waals surface area contributed by atoms with Crippen LogP contribution in [0.5, 0.6) is 0 Å². The van der Waals surface area contributed by atoms with Crippen molar-refractivity contribution < 1.29 is 0 Å². The first-order valence-corrected chi connectivity index (χ1v) is 24.8. The van der Waals surface area contributed by atoms with E-state index in [1.807, 2.05) is 0 Å². The number of hydrogen-bond donors (Lipinski definition) is 0. The normalized spacial score (nSPS) is 14.2. The summed E-state index contributed by atoms with van der Waals surface area (Å²) >= 11 is 0. The Balaban J connectivity index is 0.886. The second kappa shape index (κ2) is 15.8. The zero-order valence-corrected chi connectivity index (χ0v) is 39.4. The van der Waals surface area contributed by atoms with Crippen molar-refractivity contribution in [1.82, 2.24) is 4.57 Å². The van der Waals surface area contributed by atoms with Crippen LogP contribution in [0, 0.1) is 0 Å². The molecule has 0 atom stereocenters. The Morgan fingerprint density at radius 3 is 1.49 bits per heavy atom. The number of nitrogens with zero attached hydrogens (tertiary/aromatic N) is 1. The lowest BCUT2D eigenvalue weighted by atomic mass is 9.78. The molecule has 0 radical (unpaired) electrons. The van der Waals surface area contributed by atoms with Gasteiger partial charge in [0.2, 0.25) is 0 Å². The second-order valence-corrected chi connectivity index (χ2v) is 20.0. The zero-order valence-electron chi connectivity index (χ0n) is 39.4. The molecule has 11 aromatic carbocycles. The quantitative estimate of drug-likeness (QED) is 0.147. The molecule has 0 bridgehead atoms. The van der Waals surface area contributed by atoms with Crippen LogP contribution in [0.2, 0.25) is 0 Å². The third kappa shape index (κ3) is 6.39. The van der Waals surface area contributed by atoms with Crippen LogP contribution in [-0.4, -0.2) is 4.57 Å². The van der Waals surface area contributed by atoms with Crippen molar-refractivity contribution >= 4 is 65.1 Å². The number of fused-ring (bicyclic) bond motifs is 9. The lowest BCUT2D eigenvalue weighted by Crippen LogP contribution is -2.17. The predicted molar refractivity (Wildman–Crippen MR) is 299 cm³/mol. The topological polar surface area (TPSA) is 4.93 Å². The molecule has 0 fully saturated rings. The zero-order chi connectivity index (χ0) is 46.5. The van der Waals surface area contributed by atoms with E-state index in [-0.39, 0.29) is 5.41 Å². The lowest BCUT2D eigenvalue weighted by molar-refractivity contribution is 0.651. The fraction of sp³-hybridized carbons (Fsp3) is 0.0725. The van der Waals surface area contributed by atoms with Crippen LogP contribution in [0.1, 0.15) is 43.4 Å². The minimum Gasteiger partial charge on any atom is -0.316 e. The Labute approximate surface area is 408 Å². The minimum atomic E-state index is -0.117. The fourth-order valence-corrected chi connectivity index (χ4v) is 12.2. The Kier molecular flexibility index (Phi) is 9.13. The molecule has 70 heavy (non-hydrogen) atoms. The first kappa shape index (κ1) is 40.5. The summed E-state index contributed by atoms with van der Waals surface area (Å²) in [6, 6.07) is 83.6. The van der Waals surface area contributed by atoms with Crippen molar-refractivity contribution in [2.45, 2.75) is 32.1 Å². The van der Waals surface area contributed by atoms with Gasteiger partial charge in [-0.15, -0.1) is 0 Å². The summed E-state index contributed by atoms with van der Waals surface area (Å²) < 4.78 is 2.44. The number of benzene rings is 11. The molecule has 0 aliphatic heterocycles. The predicted octanol–water partition coefficient (Wildman–Crippen LogP) is 18.8. The Morgan fingerprint density at radius 1 is 0.357 bits per heavy atom. The monoisotopic (exact) mass is 891 g/mol. The minimum absolute atomic E-state index is 0.117. The van der Waals surface area contributed by atoms with Gasteiger partial charge < -0.3 is 4.57 Å². The second-order valence-electron chi connectivity index (χ2n) is 20.0. The van der Waals surface area contributed by atoms with Crippen LogP contribution < -0.4 is 0 Å². The fourth-order valence-electron chi connectivity index (χ4n) is 12.2. The van der Waals surface area contributed by atoms with Crippen LogP contribution in [0.25, 0.3) is 115 Å². The molecular weight excluding hydrogens is 843 g/mol. The van der Waals surface area contributed by atoms with Crippen molar-refractivity contribution in [3.05, 3.63) is 259 Å². The van der Waals surface area contributed by atoms with Crippen LogP contribution in [0.3, 0.4) is 0 Å². The molecule has 2 aliphatic carbocycles. The van der Waals surface area contributed by atoms with E-state index in [4.69, 9.17) is 0 Å². The number of hydrogen-bond acceptors (Lipinski definition) is 0. The third-order valence-corrected chi connectivity index (χ3v) is 15.8. The van der Waals surface area contributed by atoms with E-state index in [0.29, 0.717) is 0 Å². The van der Waals surface area contributed by atoms with Gasteiger partial charge in [0.25, 0.3) is 0 Å². The van der Waals surface area contributed by atoms with Crippen molar-refractivity contribution in [3.63, 3.8) is 0 Å². The summed E-state index contributed by atoms with van der Waals surface area (Å²) in [7, 11) is 0. The van der Waals surface area contributed by atoms with E-state index in [1.165, 1.54) is 138 Å². The highest BCUT2D eigenvalue weighted by molar-refractivity contribution is 6.15. The van der Waals surface area contributed by atoms with Crippen LogP contribution >= 0.6 is 0 Å². The first-order chi connectivity index (χ1) is 34.4.